The standard InChI is InChI=1S/C27H22F2N6O5S2/c1-40-27-24(35-42(38,39)25-8-6-18(28)12-21(25)29)11-17(14-32-27)15-5-7-22-16(9-15)10-23(26(30)34-22)33-19-3-2-4-20(13-19)41(31,36)37/h2-14,33,35H,1H3,(H2,30,34)(H2,31,36,37). The van der Waals surface area contributed by atoms with Crippen molar-refractivity contribution in [2.45, 2.75) is 9.79 Å². The number of ether oxygens (including phenoxy) is 1. The molecule has 3 aromatic carbocycles. The van der Waals surface area contributed by atoms with Crippen LogP contribution < -0.4 is 25.6 Å². The predicted molar refractivity (Wildman–Crippen MR) is 154 cm³/mol. The highest BCUT2D eigenvalue weighted by Gasteiger charge is 2.22. The van der Waals surface area contributed by atoms with Crippen molar-refractivity contribution >= 4 is 53.8 Å². The average Bonchev–Trinajstić information content (AvgIpc) is 2.92. The van der Waals surface area contributed by atoms with Crippen molar-refractivity contribution in [2.24, 2.45) is 5.14 Å². The Balaban J connectivity index is 1.50. The number of nitrogens with zero attached hydrogens (tertiary/aromatic N) is 2. The highest BCUT2D eigenvalue weighted by atomic mass is 32.2. The van der Waals surface area contributed by atoms with Gasteiger partial charge in [-0.2, -0.15) is 0 Å². The van der Waals surface area contributed by atoms with Crippen LogP contribution in [0.2, 0.25) is 0 Å². The van der Waals surface area contributed by atoms with Crippen LogP contribution in [-0.4, -0.2) is 33.9 Å². The van der Waals surface area contributed by atoms with Crippen LogP contribution in [0.25, 0.3) is 22.0 Å². The van der Waals surface area contributed by atoms with Crippen LogP contribution in [-0.2, 0) is 20.0 Å². The van der Waals surface area contributed by atoms with Crippen LogP contribution in [0.3, 0.4) is 0 Å². The van der Waals surface area contributed by atoms with Crippen molar-refractivity contribution in [3.8, 4) is 17.0 Å². The summed E-state index contributed by atoms with van der Waals surface area (Å²) in [7, 11) is -7.10. The third-order valence-electron chi connectivity index (χ3n) is 6.09. The molecule has 0 saturated carbocycles. The van der Waals surface area contributed by atoms with Gasteiger partial charge in [-0.1, -0.05) is 12.1 Å². The lowest BCUT2D eigenvalue weighted by molar-refractivity contribution is 0.400. The van der Waals surface area contributed by atoms with Crippen LogP contribution in [0.5, 0.6) is 5.88 Å². The van der Waals surface area contributed by atoms with E-state index in [1.54, 1.807) is 30.3 Å². The Morgan fingerprint density at radius 2 is 1.67 bits per heavy atom. The number of nitrogens with one attached hydrogen (secondary N) is 2. The first kappa shape index (κ1) is 28.7. The molecule has 2 aromatic heterocycles. The van der Waals surface area contributed by atoms with Gasteiger partial charge in [0.2, 0.25) is 15.9 Å². The largest absolute Gasteiger partial charge is 0.480 e. The van der Waals surface area contributed by atoms with Crippen molar-refractivity contribution in [2.75, 3.05) is 22.9 Å². The summed E-state index contributed by atoms with van der Waals surface area (Å²) in [5, 5.41) is 8.91. The number of methoxy groups -OCH3 is 1. The van der Waals surface area contributed by atoms with Gasteiger partial charge < -0.3 is 15.8 Å². The third-order valence-corrected chi connectivity index (χ3v) is 8.40. The fourth-order valence-corrected chi connectivity index (χ4v) is 5.78. The lowest BCUT2D eigenvalue weighted by Gasteiger charge is -2.14. The van der Waals surface area contributed by atoms with E-state index in [4.69, 9.17) is 15.6 Å². The zero-order valence-corrected chi connectivity index (χ0v) is 23.3. The van der Waals surface area contributed by atoms with Crippen molar-refractivity contribution < 1.29 is 30.4 Å². The van der Waals surface area contributed by atoms with Gasteiger partial charge in [0.15, 0.2) is 0 Å². The highest BCUT2D eigenvalue weighted by molar-refractivity contribution is 7.92. The summed E-state index contributed by atoms with van der Waals surface area (Å²) < 4.78 is 84.2. The van der Waals surface area contributed by atoms with Gasteiger partial charge in [0.25, 0.3) is 10.0 Å². The zero-order chi connectivity index (χ0) is 30.2. The number of hydrogen-bond acceptors (Lipinski definition) is 9. The fourth-order valence-electron chi connectivity index (χ4n) is 4.12. The van der Waals surface area contributed by atoms with Crippen molar-refractivity contribution in [3.05, 3.63) is 90.6 Å². The van der Waals surface area contributed by atoms with E-state index in [0.717, 1.165) is 12.1 Å². The summed E-state index contributed by atoms with van der Waals surface area (Å²) in [5.41, 5.74) is 8.50. The van der Waals surface area contributed by atoms with E-state index in [9.17, 15) is 25.6 Å². The normalized spacial score (nSPS) is 11.8. The number of sulfonamides is 2. The first-order valence-corrected chi connectivity index (χ1v) is 15.0. The lowest BCUT2D eigenvalue weighted by atomic mass is 10.0. The summed E-state index contributed by atoms with van der Waals surface area (Å²) in [6, 6.07) is 16.3. The topological polar surface area (TPSA) is 179 Å². The molecular formula is C27H22F2N6O5S2. The van der Waals surface area contributed by atoms with E-state index >= 15 is 0 Å². The summed E-state index contributed by atoms with van der Waals surface area (Å²) >= 11 is 0. The van der Waals surface area contributed by atoms with E-state index < -0.39 is 36.6 Å². The number of aromatic nitrogens is 2. The zero-order valence-electron chi connectivity index (χ0n) is 21.7. The second-order valence-electron chi connectivity index (χ2n) is 8.99. The van der Waals surface area contributed by atoms with Crippen LogP contribution in [0, 0.1) is 11.6 Å². The number of benzene rings is 3. The van der Waals surface area contributed by atoms with E-state index in [-0.39, 0.29) is 22.3 Å². The van der Waals surface area contributed by atoms with Gasteiger partial charge in [0.05, 0.1) is 23.2 Å². The second kappa shape index (κ2) is 10.8. The van der Waals surface area contributed by atoms with Gasteiger partial charge in [0.1, 0.15) is 28.0 Å². The van der Waals surface area contributed by atoms with E-state index in [0.29, 0.717) is 39.5 Å². The molecule has 0 amide bonds. The van der Waals surface area contributed by atoms with E-state index in [1.165, 1.54) is 37.6 Å². The van der Waals surface area contributed by atoms with Crippen LogP contribution in [0.4, 0.5) is 31.7 Å². The van der Waals surface area contributed by atoms with Gasteiger partial charge in [-0.15, -0.1) is 0 Å². The number of anilines is 4. The van der Waals surface area contributed by atoms with Gasteiger partial charge in [0, 0.05) is 28.9 Å². The molecule has 0 aliphatic heterocycles. The molecule has 0 spiro atoms. The molecule has 0 aliphatic rings. The van der Waals surface area contributed by atoms with Crippen LogP contribution in [0.15, 0.2) is 88.8 Å². The maximum atomic E-state index is 14.2. The van der Waals surface area contributed by atoms with Crippen LogP contribution >= 0.6 is 0 Å². The minimum absolute atomic E-state index is 0.0757. The first-order chi connectivity index (χ1) is 19.8. The first-order valence-electron chi connectivity index (χ1n) is 12.0. The Morgan fingerprint density at radius 3 is 2.38 bits per heavy atom. The molecule has 2 heterocycles. The summed E-state index contributed by atoms with van der Waals surface area (Å²) in [6.45, 7) is 0. The minimum Gasteiger partial charge on any atom is -0.480 e. The molecule has 0 radical (unpaired) electrons. The number of rotatable bonds is 8. The molecule has 11 nitrogen and oxygen atoms in total. The SMILES string of the molecule is COc1ncc(-c2ccc3nc(N)c(Nc4cccc(S(N)(=O)=O)c4)cc3c2)cc1NS(=O)(=O)c1ccc(F)cc1F. The lowest BCUT2D eigenvalue weighted by Crippen LogP contribution is -2.15. The quantitative estimate of drug-likeness (QED) is 0.198. The number of fused-ring (bicyclic) bond motifs is 1. The second-order valence-corrected chi connectivity index (χ2v) is 12.2. The molecule has 42 heavy (non-hydrogen) atoms. The monoisotopic (exact) mass is 612 g/mol. The number of primary sulfonamides is 1. The number of hydrogen-bond donors (Lipinski definition) is 4. The summed E-state index contributed by atoms with van der Waals surface area (Å²) in [4.78, 5) is 7.74. The van der Waals surface area contributed by atoms with Crippen molar-refractivity contribution in [1.29, 1.82) is 0 Å². The molecule has 15 heteroatoms. The maximum absolute atomic E-state index is 14.2. The molecule has 216 valence electrons. The molecule has 5 aromatic rings. The van der Waals surface area contributed by atoms with E-state index in [2.05, 4.69) is 20.0 Å². The molecule has 6 N–H and O–H groups in total. The van der Waals surface area contributed by atoms with Gasteiger partial charge in [-0.3, -0.25) is 4.72 Å². The Labute approximate surface area is 239 Å². The average molecular weight is 613 g/mol. The molecule has 5 rings (SSSR count). The molecular weight excluding hydrogens is 590 g/mol. The molecule has 0 bridgehead atoms. The van der Waals surface area contributed by atoms with Crippen molar-refractivity contribution in [3.63, 3.8) is 0 Å². The number of nitrogen functional groups attached to an aromatic ring is 1. The maximum Gasteiger partial charge on any atom is 0.264 e. The summed E-state index contributed by atoms with van der Waals surface area (Å²) in [5.74, 6) is -2.09. The van der Waals surface area contributed by atoms with E-state index in [1.807, 2.05) is 0 Å². The number of pyridine rings is 2. The molecule has 0 fully saturated rings. The Kier molecular flexibility index (Phi) is 7.40. The Bertz CT molecular complexity index is 2080. The Morgan fingerprint density at radius 1 is 0.881 bits per heavy atom. The number of halogens is 2. The van der Waals surface area contributed by atoms with Gasteiger partial charge in [-0.05, 0) is 60.2 Å². The summed E-state index contributed by atoms with van der Waals surface area (Å²) in [6.07, 6.45) is 1.46. The Hall–Kier alpha value is -4.86. The molecule has 0 aliphatic carbocycles. The van der Waals surface area contributed by atoms with Crippen molar-refractivity contribution in [1.82, 2.24) is 9.97 Å². The fraction of sp³-hybridized carbons (Fsp3) is 0.0370. The molecule has 0 unspecified atom stereocenters. The highest BCUT2D eigenvalue weighted by Crippen LogP contribution is 2.33. The molecule has 0 atom stereocenters. The van der Waals surface area contributed by atoms with Gasteiger partial charge in [-0.25, -0.2) is 40.7 Å². The van der Waals surface area contributed by atoms with Crippen LogP contribution in [0.1, 0.15) is 0 Å². The minimum atomic E-state index is -4.47. The van der Waals surface area contributed by atoms with Gasteiger partial charge >= 0.3 is 0 Å². The smallest absolute Gasteiger partial charge is 0.264 e. The third kappa shape index (κ3) is 5.93. The number of nitrogens with two attached hydrogens (primary N) is 2. The predicted octanol–water partition coefficient (Wildman–Crippen LogP) is 4.36. The molecule has 0 saturated heterocycles.